The molecule has 2 aromatic carbocycles. The van der Waals surface area contributed by atoms with Gasteiger partial charge in [-0.25, -0.2) is 0 Å². The maximum Gasteiger partial charge on any atom is 0.256 e. The summed E-state index contributed by atoms with van der Waals surface area (Å²) in [4.78, 5) is 15.1. The molecule has 156 valence electrons. The Morgan fingerprint density at radius 3 is 2.47 bits per heavy atom. The maximum atomic E-state index is 13.4. The number of nitrogens with zero attached hydrogens (tertiary/aromatic N) is 5. The van der Waals surface area contributed by atoms with Crippen LogP contribution in [0.2, 0.25) is 0 Å². The number of hydrogen-bond acceptors (Lipinski definition) is 7. The Balaban J connectivity index is 1.69. The predicted octanol–water partition coefficient (Wildman–Crippen LogP) is 1.72. The van der Waals surface area contributed by atoms with Crippen molar-refractivity contribution in [3.05, 3.63) is 59.4 Å². The number of benzene rings is 2. The number of aromatic nitrogens is 4. The Bertz CT molecular complexity index is 1050. The number of rotatable bonds is 5. The third-order valence-corrected chi connectivity index (χ3v) is 5.45. The number of tetrazole rings is 1. The van der Waals surface area contributed by atoms with Crippen molar-refractivity contribution < 1.29 is 19.4 Å². The van der Waals surface area contributed by atoms with Crippen molar-refractivity contribution in [2.45, 2.75) is 18.9 Å². The lowest BCUT2D eigenvalue weighted by molar-refractivity contribution is 0.0417. The Hall–Kier alpha value is -3.46. The third-order valence-electron chi connectivity index (χ3n) is 5.45. The lowest BCUT2D eigenvalue weighted by atomic mass is 9.92. The van der Waals surface area contributed by atoms with Gasteiger partial charge in [-0.3, -0.25) is 4.79 Å². The molecule has 1 unspecified atom stereocenters. The lowest BCUT2D eigenvalue weighted by Gasteiger charge is -2.25. The van der Waals surface area contributed by atoms with Crippen LogP contribution in [-0.4, -0.2) is 63.4 Å². The molecule has 9 nitrogen and oxygen atoms in total. The quantitative estimate of drug-likeness (QED) is 0.684. The minimum atomic E-state index is -1.09. The highest BCUT2D eigenvalue weighted by atomic mass is 16.5. The smallest absolute Gasteiger partial charge is 0.256 e. The Morgan fingerprint density at radius 1 is 1.13 bits per heavy atom. The molecule has 1 aromatic heterocycles. The van der Waals surface area contributed by atoms with E-state index in [0.29, 0.717) is 35.7 Å². The van der Waals surface area contributed by atoms with Crippen LogP contribution in [-0.2, 0) is 5.60 Å². The van der Waals surface area contributed by atoms with Crippen LogP contribution in [0.25, 0.3) is 5.69 Å². The van der Waals surface area contributed by atoms with Gasteiger partial charge >= 0.3 is 0 Å². The molecule has 1 atom stereocenters. The van der Waals surface area contributed by atoms with Crippen LogP contribution in [0.3, 0.4) is 0 Å². The first-order chi connectivity index (χ1) is 14.4. The average molecular weight is 409 g/mol. The highest BCUT2D eigenvalue weighted by Crippen LogP contribution is 2.36. The van der Waals surface area contributed by atoms with Crippen LogP contribution in [0.4, 0.5) is 0 Å². The van der Waals surface area contributed by atoms with Crippen molar-refractivity contribution in [1.82, 2.24) is 25.1 Å². The van der Waals surface area contributed by atoms with E-state index in [2.05, 4.69) is 15.5 Å². The van der Waals surface area contributed by atoms with Crippen molar-refractivity contribution in [2.24, 2.45) is 0 Å². The molecule has 1 aliphatic heterocycles. The van der Waals surface area contributed by atoms with Crippen molar-refractivity contribution in [3.63, 3.8) is 0 Å². The van der Waals surface area contributed by atoms with Crippen molar-refractivity contribution in [3.8, 4) is 17.2 Å². The molecule has 9 heteroatoms. The number of carbonyl (C=O) groups excluding carboxylic acids is 1. The molecular weight excluding hydrogens is 386 g/mol. The molecule has 1 amide bonds. The van der Waals surface area contributed by atoms with E-state index in [4.69, 9.17) is 9.47 Å². The first-order valence-electron chi connectivity index (χ1n) is 9.53. The summed E-state index contributed by atoms with van der Waals surface area (Å²) in [6.07, 6.45) is 1.86. The first kappa shape index (κ1) is 19.8. The molecule has 1 N–H and O–H groups in total. The summed E-state index contributed by atoms with van der Waals surface area (Å²) in [6, 6.07) is 11.0. The van der Waals surface area contributed by atoms with Crippen molar-refractivity contribution in [2.75, 3.05) is 27.3 Å². The summed E-state index contributed by atoms with van der Waals surface area (Å²) in [7, 11) is 3.03. The number of ether oxygens (including phenoxy) is 2. The van der Waals surface area contributed by atoms with Crippen LogP contribution < -0.4 is 9.47 Å². The molecular formula is C21H23N5O4. The van der Waals surface area contributed by atoms with Crippen LogP contribution in [0.15, 0.2) is 42.7 Å². The standard InChI is InChI=1S/C21H23N5O4/c1-14-4-6-15(7-5-14)21(28)8-9-25(12-21)20(27)16-10-18(29-2)19(30-3)11-17(16)26-13-22-23-24-26/h4-7,10-11,13,28H,8-9,12H2,1-3H3. The van der Waals surface area contributed by atoms with Crippen molar-refractivity contribution >= 4 is 5.91 Å². The number of aryl methyl sites for hydroxylation is 1. The molecule has 3 aromatic rings. The zero-order valence-corrected chi connectivity index (χ0v) is 17.1. The van der Waals surface area contributed by atoms with Gasteiger partial charge in [0.1, 0.15) is 11.9 Å². The topological polar surface area (TPSA) is 103 Å². The fraction of sp³-hybridized carbons (Fsp3) is 0.333. The second kappa shape index (κ2) is 7.75. The van der Waals surface area contributed by atoms with Crippen molar-refractivity contribution in [1.29, 1.82) is 0 Å². The lowest BCUT2D eigenvalue weighted by Crippen LogP contribution is -2.35. The molecule has 0 saturated carbocycles. The molecule has 1 saturated heterocycles. The second-order valence-electron chi connectivity index (χ2n) is 7.35. The van der Waals surface area contributed by atoms with Crippen LogP contribution in [0, 0.1) is 6.92 Å². The molecule has 0 bridgehead atoms. The number of carbonyl (C=O) groups is 1. The van der Waals surface area contributed by atoms with Gasteiger partial charge in [-0.15, -0.1) is 5.10 Å². The van der Waals surface area contributed by atoms with Crippen LogP contribution >= 0.6 is 0 Å². The van der Waals surface area contributed by atoms with Gasteiger partial charge in [0.05, 0.1) is 32.0 Å². The summed E-state index contributed by atoms with van der Waals surface area (Å²) >= 11 is 0. The molecule has 4 rings (SSSR count). The molecule has 0 aliphatic carbocycles. The van der Waals surface area contributed by atoms with Gasteiger partial charge in [0, 0.05) is 12.6 Å². The monoisotopic (exact) mass is 409 g/mol. The number of hydrogen-bond donors (Lipinski definition) is 1. The van der Waals surface area contributed by atoms with E-state index in [-0.39, 0.29) is 12.5 Å². The van der Waals surface area contributed by atoms with E-state index < -0.39 is 5.60 Å². The molecule has 1 aliphatic rings. The summed E-state index contributed by atoms with van der Waals surface area (Å²) in [6.45, 7) is 2.61. The van der Waals surface area contributed by atoms with E-state index in [1.807, 2.05) is 31.2 Å². The molecule has 0 radical (unpaired) electrons. The second-order valence-corrected chi connectivity index (χ2v) is 7.35. The number of aliphatic hydroxyl groups is 1. The maximum absolute atomic E-state index is 13.4. The summed E-state index contributed by atoms with van der Waals surface area (Å²) < 4.78 is 12.1. The minimum Gasteiger partial charge on any atom is -0.493 e. The number of methoxy groups -OCH3 is 2. The Labute approximate surface area is 173 Å². The normalized spacial score (nSPS) is 18.5. The SMILES string of the molecule is COc1cc(C(=O)N2CCC(O)(c3ccc(C)cc3)C2)c(-n2cnnn2)cc1OC. The van der Waals surface area contributed by atoms with E-state index in [1.165, 1.54) is 25.2 Å². The van der Waals surface area contributed by atoms with Gasteiger partial charge in [-0.05, 0) is 35.4 Å². The number of β-amino-alcohol motifs (C(OH)–C–C–N with tert-alkyl or cyclic N) is 1. The fourth-order valence-electron chi connectivity index (χ4n) is 3.74. The Kier molecular flexibility index (Phi) is 5.13. The summed E-state index contributed by atoms with van der Waals surface area (Å²) in [5.41, 5.74) is 1.65. The number of likely N-dealkylation sites (tertiary alicyclic amines) is 1. The third kappa shape index (κ3) is 3.48. The van der Waals surface area contributed by atoms with Gasteiger partial charge in [0.2, 0.25) is 0 Å². The van der Waals surface area contributed by atoms with E-state index >= 15 is 0 Å². The zero-order valence-electron chi connectivity index (χ0n) is 17.1. The van der Waals surface area contributed by atoms with Gasteiger partial charge in [-0.1, -0.05) is 29.8 Å². The molecule has 0 spiro atoms. The van der Waals surface area contributed by atoms with E-state index in [0.717, 1.165) is 11.1 Å². The highest BCUT2D eigenvalue weighted by molar-refractivity contribution is 5.99. The fourth-order valence-corrected chi connectivity index (χ4v) is 3.74. The molecule has 1 fully saturated rings. The molecule has 2 heterocycles. The largest absolute Gasteiger partial charge is 0.493 e. The minimum absolute atomic E-state index is 0.193. The van der Waals surface area contributed by atoms with Gasteiger partial charge in [-0.2, -0.15) is 4.68 Å². The van der Waals surface area contributed by atoms with Crippen LogP contribution in [0.5, 0.6) is 11.5 Å². The van der Waals surface area contributed by atoms with Gasteiger partial charge in [0.25, 0.3) is 5.91 Å². The van der Waals surface area contributed by atoms with Gasteiger partial charge in [0.15, 0.2) is 11.5 Å². The average Bonchev–Trinajstić information content (AvgIpc) is 3.43. The summed E-state index contributed by atoms with van der Waals surface area (Å²) in [5, 5.41) is 22.4. The van der Waals surface area contributed by atoms with Crippen LogP contribution in [0.1, 0.15) is 27.9 Å². The highest BCUT2D eigenvalue weighted by Gasteiger charge is 2.40. The molecule has 30 heavy (non-hydrogen) atoms. The summed E-state index contributed by atoms with van der Waals surface area (Å²) in [5.74, 6) is 0.632. The first-order valence-corrected chi connectivity index (χ1v) is 9.53. The predicted molar refractivity (Wildman–Crippen MR) is 108 cm³/mol. The Morgan fingerprint density at radius 2 is 1.83 bits per heavy atom. The number of amides is 1. The zero-order chi connectivity index (χ0) is 21.3. The van der Waals surface area contributed by atoms with E-state index in [9.17, 15) is 9.90 Å². The van der Waals surface area contributed by atoms with Gasteiger partial charge < -0.3 is 19.5 Å². The van der Waals surface area contributed by atoms with E-state index in [1.54, 1.807) is 17.0 Å².